The van der Waals surface area contributed by atoms with Crippen LogP contribution in [-0.2, 0) is 33.5 Å². The third kappa shape index (κ3) is 9.51. The van der Waals surface area contributed by atoms with Crippen molar-refractivity contribution in [2.24, 2.45) is 0 Å². The molecule has 46 heavy (non-hydrogen) atoms. The summed E-state index contributed by atoms with van der Waals surface area (Å²) < 4.78 is 5.38. The van der Waals surface area contributed by atoms with E-state index in [0.29, 0.717) is 0 Å². The molecular formula is C31H38N6O9. The van der Waals surface area contributed by atoms with Gasteiger partial charge in [0.05, 0.1) is 6.54 Å². The topological polar surface area (TPSA) is 221 Å². The number of carboxylic acid groups (broad SMARTS) is 1. The van der Waals surface area contributed by atoms with Crippen molar-refractivity contribution in [2.75, 3.05) is 19.7 Å². The summed E-state index contributed by atoms with van der Waals surface area (Å²) in [6, 6.07) is 11.3. The Balaban J connectivity index is 1.34. The first kappa shape index (κ1) is 35.0. The second-order valence-electron chi connectivity index (χ2n) is 10.8. The number of carbonyl (C=O) groups excluding carboxylic acids is 6. The Labute approximate surface area is 265 Å². The van der Waals surface area contributed by atoms with Crippen LogP contribution in [0.4, 0.5) is 4.79 Å². The Morgan fingerprint density at radius 2 is 1.07 bits per heavy atom. The van der Waals surface area contributed by atoms with Gasteiger partial charge in [-0.2, -0.15) is 0 Å². The van der Waals surface area contributed by atoms with E-state index in [1.54, 1.807) is 0 Å². The molecule has 0 unspecified atom stereocenters. The minimum absolute atomic E-state index is 0.0740. The fourth-order valence-electron chi connectivity index (χ4n) is 4.61. The maximum Gasteiger partial charge on any atom is 0.407 e. The van der Waals surface area contributed by atoms with Crippen molar-refractivity contribution in [1.82, 2.24) is 31.9 Å². The molecule has 0 saturated carbocycles. The highest BCUT2D eigenvalue weighted by Gasteiger charge is 2.29. The van der Waals surface area contributed by atoms with E-state index < -0.39 is 78.9 Å². The summed E-state index contributed by atoms with van der Waals surface area (Å²) >= 11 is 0. The van der Waals surface area contributed by atoms with Crippen LogP contribution in [0.25, 0.3) is 11.1 Å². The Morgan fingerprint density at radius 3 is 1.57 bits per heavy atom. The first-order chi connectivity index (χ1) is 21.8. The van der Waals surface area contributed by atoms with Crippen molar-refractivity contribution in [3.63, 3.8) is 0 Å². The standard InChI is InChI=1S/C31H38N6O9/c1-16(27(40)35-17(2)28(41)36-18(3)29(42)37-19(4)30(43)44)34-26(39)14-32-25(38)13-33-31(45)46-15-24-22-11-7-5-9-20(22)21-10-6-8-12-23(21)24/h5-12,16-19,24H,13-15H2,1-4H3,(H,32,38)(H,33,45)(H,34,39)(H,35,40)(H,36,41)(H,37,42)(H,43,44)/t16-,17-,18+,19+/m0/s1. The average Bonchev–Trinajstić information content (AvgIpc) is 3.34. The number of aliphatic carboxylic acids is 1. The molecular weight excluding hydrogens is 600 g/mol. The molecule has 7 N–H and O–H groups in total. The Kier molecular flexibility index (Phi) is 12.2. The minimum atomic E-state index is -1.24. The van der Waals surface area contributed by atoms with Crippen LogP contribution < -0.4 is 31.9 Å². The average molecular weight is 639 g/mol. The van der Waals surface area contributed by atoms with Gasteiger partial charge in [-0.05, 0) is 49.9 Å². The summed E-state index contributed by atoms with van der Waals surface area (Å²) in [5.41, 5.74) is 4.25. The fraction of sp³-hybridized carbons (Fsp3) is 0.387. The summed E-state index contributed by atoms with van der Waals surface area (Å²) in [7, 11) is 0. The highest BCUT2D eigenvalue weighted by Crippen LogP contribution is 2.44. The lowest BCUT2D eigenvalue weighted by Gasteiger charge is -2.21. The van der Waals surface area contributed by atoms with Crippen LogP contribution in [0.3, 0.4) is 0 Å². The van der Waals surface area contributed by atoms with E-state index in [9.17, 15) is 33.6 Å². The molecule has 1 aliphatic rings. The van der Waals surface area contributed by atoms with Crippen LogP contribution in [-0.4, -0.2) is 90.6 Å². The lowest BCUT2D eigenvalue weighted by molar-refractivity contribution is -0.141. The number of ether oxygens (including phenoxy) is 1. The van der Waals surface area contributed by atoms with Gasteiger partial charge in [0.15, 0.2) is 0 Å². The number of amides is 6. The number of alkyl carbamates (subject to hydrolysis) is 1. The van der Waals surface area contributed by atoms with Crippen LogP contribution >= 0.6 is 0 Å². The van der Waals surface area contributed by atoms with Gasteiger partial charge in [-0.1, -0.05) is 48.5 Å². The quantitative estimate of drug-likeness (QED) is 0.145. The summed E-state index contributed by atoms with van der Waals surface area (Å²) in [5, 5.41) is 22.9. The van der Waals surface area contributed by atoms with E-state index in [-0.39, 0.29) is 12.5 Å². The molecule has 246 valence electrons. The molecule has 0 heterocycles. The number of hydrogen-bond acceptors (Lipinski definition) is 8. The van der Waals surface area contributed by atoms with Crippen molar-refractivity contribution in [3.8, 4) is 11.1 Å². The van der Waals surface area contributed by atoms with Gasteiger partial charge in [0, 0.05) is 5.92 Å². The molecule has 0 radical (unpaired) electrons. The van der Waals surface area contributed by atoms with Gasteiger partial charge < -0.3 is 41.7 Å². The summed E-state index contributed by atoms with van der Waals surface area (Å²) in [5.74, 6) is -4.90. The second-order valence-corrected chi connectivity index (χ2v) is 10.8. The van der Waals surface area contributed by atoms with Crippen LogP contribution in [0.2, 0.25) is 0 Å². The zero-order valence-corrected chi connectivity index (χ0v) is 25.8. The molecule has 6 amide bonds. The molecule has 2 aromatic carbocycles. The Bertz CT molecular complexity index is 1450. The van der Waals surface area contributed by atoms with Gasteiger partial charge in [-0.15, -0.1) is 0 Å². The van der Waals surface area contributed by atoms with Gasteiger partial charge in [0.25, 0.3) is 0 Å². The molecule has 0 aliphatic heterocycles. The second kappa shape index (κ2) is 16.0. The van der Waals surface area contributed by atoms with Crippen LogP contribution in [0.15, 0.2) is 48.5 Å². The number of rotatable bonds is 14. The summed E-state index contributed by atoms with van der Waals surface area (Å²) in [6.07, 6.45) is -0.797. The van der Waals surface area contributed by atoms with Crippen molar-refractivity contribution in [1.29, 1.82) is 0 Å². The van der Waals surface area contributed by atoms with Gasteiger partial charge >= 0.3 is 12.1 Å². The number of fused-ring (bicyclic) bond motifs is 3. The number of carboxylic acids is 1. The zero-order valence-electron chi connectivity index (χ0n) is 25.8. The SMILES string of the molecule is C[C@H](NC(=O)CNC(=O)CNC(=O)OCC1c2ccccc2-c2ccccc21)C(=O)N[C@@H](C)C(=O)N[C@H](C)C(=O)N[C@H](C)C(=O)O. The zero-order chi connectivity index (χ0) is 34.0. The third-order valence-electron chi connectivity index (χ3n) is 7.19. The van der Waals surface area contributed by atoms with Crippen LogP contribution in [0.5, 0.6) is 0 Å². The fourth-order valence-corrected chi connectivity index (χ4v) is 4.61. The highest BCUT2D eigenvalue weighted by atomic mass is 16.5. The lowest BCUT2D eigenvalue weighted by Crippen LogP contribution is -2.56. The normalized spacial score (nSPS) is 14.2. The Morgan fingerprint density at radius 1 is 0.630 bits per heavy atom. The predicted octanol–water partition coefficient (Wildman–Crippen LogP) is -0.255. The summed E-state index contributed by atoms with van der Waals surface area (Å²) in [4.78, 5) is 84.4. The minimum Gasteiger partial charge on any atom is -0.480 e. The van der Waals surface area contributed by atoms with E-state index in [4.69, 9.17) is 9.84 Å². The van der Waals surface area contributed by atoms with Gasteiger partial charge in [-0.25, -0.2) is 4.79 Å². The van der Waals surface area contributed by atoms with Crippen molar-refractivity contribution >= 4 is 41.6 Å². The molecule has 0 bridgehead atoms. The van der Waals surface area contributed by atoms with Crippen LogP contribution in [0.1, 0.15) is 44.7 Å². The molecule has 2 aromatic rings. The van der Waals surface area contributed by atoms with Crippen LogP contribution in [0, 0.1) is 0 Å². The molecule has 4 atom stereocenters. The molecule has 0 aromatic heterocycles. The highest BCUT2D eigenvalue weighted by molar-refractivity contribution is 5.95. The van der Waals surface area contributed by atoms with Crippen molar-refractivity contribution in [2.45, 2.75) is 57.8 Å². The smallest absolute Gasteiger partial charge is 0.407 e. The maximum absolute atomic E-state index is 12.4. The number of carbonyl (C=O) groups is 7. The number of benzene rings is 2. The van der Waals surface area contributed by atoms with E-state index >= 15 is 0 Å². The third-order valence-corrected chi connectivity index (χ3v) is 7.19. The summed E-state index contributed by atoms with van der Waals surface area (Å²) in [6.45, 7) is 4.48. The van der Waals surface area contributed by atoms with Crippen molar-refractivity contribution < 1.29 is 43.4 Å². The van der Waals surface area contributed by atoms with E-state index in [1.807, 2.05) is 48.5 Å². The number of nitrogens with one attached hydrogen (secondary N) is 6. The Hall–Kier alpha value is -5.47. The largest absolute Gasteiger partial charge is 0.480 e. The molecule has 15 nitrogen and oxygen atoms in total. The van der Waals surface area contributed by atoms with Gasteiger partial charge in [0.1, 0.15) is 37.3 Å². The predicted molar refractivity (Wildman–Crippen MR) is 164 cm³/mol. The first-order valence-electron chi connectivity index (χ1n) is 14.6. The molecule has 1 aliphatic carbocycles. The van der Waals surface area contributed by atoms with E-state index in [1.165, 1.54) is 27.7 Å². The number of hydrogen-bond donors (Lipinski definition) is 7. The van der Waals surface area contributed by atoms with Gasteiger partial charge in [-0.3, -0.25) is 28.8 Å². The first-order valence-corrected chi connectivity index (χ1v) is 14.6. The lowest BCUT2D eigenvalue weighted by atomic mass is 9.98. The van der Waals surface area contributed by atoms with Gasteiger partial charge in [0.2, 0.25) is 29.5 Å². The van der Waals surface area contributed by atoms with Crippen molar-refractivity contribution in [3.05, 3.63) is 59.7 Å². The molecule has 15 heteroatoms. The van der Waals surface area contributed by atoms with E-state index in [0.717, 1.165) is 22.3 Å². The monoisotopic (exact) mass is 638 g/mol. The maximum atomic E-state index is 12.4. The molecule has 0 saturated heterocycles. The molecule has 0 spiro atoms. The van der Waals surface area contributed by atoms with E-state index in [2.05, 4.69) is 31.9 Å². The molecule has 3 rings (SSSR count). The molecule has 0 fully saturated rings.